The molecule has 1 unspecified atom stereocenters. The first-order valence-electron chi connectivity index (χ1n) is 5.49. The summed E-state index contributed by atoms with van der Waals surface area (Å²) in [6, 6.07) is 6.25. The van der Waals surface area contributed by atoms with Crippen LogP contribution in [0.1, 0.15) is 27.9 Å². The van der Waals surface area contributed by atoms with Crippen LogP contribution in [0, 0.1) is 13.8 Å². The van der Waals surface area contributed by atoms with E-state index < -0.39 is 0 Å². The van der Waals surface area contributed by atoms with Crippen molar-refractivity contribution in [2.75, 3.05) is 0 Å². The van der Waals surface area contributed by atoms with Crippen LogP contribution in [0.2, 0.25) is 0 Å². The van der Waals surface area contributed by atoms with E-state index in [-0.39, 0.29) is 6.04 Å². The second-order valence-electron chi connectivity index (χ2n) is 4.19. The molecule has 0 amide bonds. The van der Waals surface area contributed by atoms with Crippen LogP contribution in [0.3, 0.4) is 0 Å². The Kier molecular flexibility index (Phi) is 3.97. The van der Waals surface area contributed by atoms with Crippen molar-refractivity contribution in [3.63, 3.8) is 0 Å². The molecule has 2 nitrogen and oxygen atoms in total. The fourth-order valence-corrected chi connectivity index (χ4v) is 2.95. The Morgan fingerprint density at radius 3 is 2.82 bits per heavy atom. The van der Waals surface area contributed by atoms with Crippen molar-refractivity contribution in [3.05, 3.63) is 49.9 Å². The van der Waals surface area contributed by atoms with Crippen molar-refractivity contribution in [3.8, 4) is 0 Å². The monoisotopic (exact) mass is 310 g/mol. The molecule has 2 N–H and O–H groups in total. The number of thiazole rings is 1. The Bertz CT molecular complexity index is 522. The Morgan fingerprint density at radius 1 is 1.41 bits per heavy atom. The second kappa shape index (κ2) is 5.29. The summed E-state index contributed by atoms with van der Waals surface area (Å²) in [4.78, 5) is 4.45. The van der Waals surface area contributed by atoms with E-state index in [1.54, 1.807) is 11.3 Å². The van der Waals surface area contributed by atoms with Gasteiger partial charge in [0.1, 0.15) is 0 Å². The Morgan fingerprint density at radius 2 is 2.18 bits per heavy atom. The Balaban J connectivity index is 2.19. The minimum absolute atomic E-state index is 0.00854. The van der Waals surface area contributed by atoms with Gasteiger partial charge in [0, 0.05) is 22.3 Å². The average Bonchev–Trinajstić information content (AvgIpc) is 2.67. The van der Waals surface area contributed by atoms with Crippen molar-refractivity contribution < 1.29 is 0 Å². The van der Waals surface area contributed by atoms with Gasteiger partial charge in [-0.25, -0.2) is 4.98 Å². The number of hydrogen-bond donors (Lipinski definition) is 1. The normalized spacial score (nSPS) is 12.7. The number of rotatable bonds is 3. The predicted octanol–water partition coefficient (Wildman–Crippen LogP) is 3.76. The van der Waals surface area contributed by atoms with E-state index in [1.807, 2.05) is 6.92 Å². The predicted molar refractivity (Wildman–Crippen MR) is 76.4 cm³/mol. The molecule has 0 radical (unpaired) electrons. The number of hydrogen-bond acceptors (Lipinski definition) is 3. The lowest BCUT2D eigenvalue weighted by atomic mass is 10.0. The van der Waals surface area contributed by atoms with Crippen LogP contribution in [0.15, 0.2) is 28.1 Å². The third kappa shape index (κ3) is 3.15. The zero-order valence-electron chi connectivity index (χ0n) is 9.90. The minimum atomic E-state index is -0.00854. The van der Waals surface area contributed by atoms with Crippen LogP contribution in [-0.4, -0.2) is 4.98 Å². The third-order valence-corrected chi connectivity index (χ3v) is 4.19. The lowest BCUT2D eigenvalue weighted by molar-refractivity contribution is 0.705. The first-order chi connectivity index (χ1) is 8.06. The van der Waals surface area contributed by atoms with E-state index in [9.17, 15) is 0 Å². The summed E-state index contributed by atoms with van der Waals surface area (Å²) in [7, 11) is 0. The highest BCUT2D eigenvalue weighted by Gasteiger charge is 2.12. The maximum absolute atomic E-state index is 6.24. The summed E-state index contributed by atoms with van der Waals surface area (Å²) >= 11 is 5.22. The molecule has 1 aromatic carbocycles. The molecule has 0 saturated heterocycles. The smallest absolute Gasteiger partial charge is 0.0897 e. The SMILES string of the molecule is Cc1ccc(Br)c(C(N)Cc2csc(C)n2)c1. The van der Waals surface area contributed by atoms with Gasteiger partial charge in [-0.1, -0.05) is 33.6 Å². The molecule has 0 fully saturated rings. The molecular formula is C13H15BrN2S. The van der Waals surface area contributed by atoms with Gasteiger partial charge in [-0.3, -0.25) is 0 Å². The number of benzene rings is 1. The highest BCUT2D eigenvalue weighted by atomic mass is 79.9. The number of nitrogens with two attached hydrogens (primary N) is 1. The fraction of sp³-hybridized carbons (Fsp3) is 0.308. The summed E-state index contributed by atoms with van der Waals surface area (Å²) in [6.07, 6.45) is 0.784. The molecule has 1 heterocycles. The molecule has 0 aliphatic carbocycles. The Hall–Kier alpha value is -0.710. The second-order valence-corrected chi connectivity index (χ2v) is 6.11. The molecule has 4 heteroatoms. The van der Waals surface area contributed by atoms with Gasteiger partial charge in [0.05, 0.1) is 10.7 Å². The van der Waals surface area contributed by atoms with Crippen LogP contribution in [-0.2, 0) is 6.42 Å². The molecule has 0 aliphatic rings. The molecule has 0 spiro atoms. The highest BCUT2D eigenvalue weighted by molar-refractivity contribution is 9.10. The molecule has 0 saturated carbocycles. The fourth-order valence-electron chi connectivity index (χ4n) is 1.78. The van der Waals surface area contributed by atoms with Gasteiger partial charge in [-0.15, -0.1) is 11.3 Å². The maximum Gasteiger partial charge on any atom is 0.0897 e. The lowest BCUT2D eigenvalue weighted by Crippen LogP contribution is -2.14. The number of nitrogens with zero attached hydrogens (tertiary/aromatic N) is 1. The standard InChI is InChI=1S/C13H15BrN2S/c1-8-3-4-12(14)11(5-8)13(15)6-10-7-17-9(2)16-10/h3-5,7,13H,6,15H2,1-2H3. The van der Waals surface area contributed by atoms with Crippen molar-refractivity contribution in [2.45, 2.75) is 26.3 Å². The molecule has 1 atom stereocenters. The van der Waals surface area contributed by atoms with Crippen molar-refractivity contribution in [1.82, 2.24) is 4.98 Å². The van der Waals surface area contributed by atoms with E-state index >= 15 is 0 Å². The first-order valence-corrected chi connectivity index (χ1v) is 7.16. The number of aryl methyl sites for hydroxylation is 2. The maximum atomic E-state index is 6.24. The zero-order valence-corrected chi connectivity index (χ0v) is 12.3. The molecule has 17 heavy (non-hydrogen) atoms. The number of aromatic nitrogens is 1. The van der Waals surface area contributed by atoms with Crippen molar-refractivity contribution in [2.24, 2.45) is 5.73 Å². The molecule has 0 aliphatic heterocycles. The van der Waals surface area contributed by atoms with E-state index in [1.165, 1.54) is 5.56 Å². The highest BCUT2D eigenvalue weighted by Crippen LogP contribution is 2.26. The molecule has 90 valence electrons. The zero-order chi connectivity index (χ0) is 12.4. The molecule has 2 rings (SSSR count). The Labute approximate surface area is 114 Å². The molecule has 1 aromatic heterocycles. The van der Waals surface area contributed by atoms with E-state index in [0.29, 0.717) is 0 Å². The van der Waals surface area contributed by atoms with Crippen LogP contribution >= 0.6 is 27.3 Å². The average molecular weight is 311 g/mol. The van der Waals surface area contributed by atoms with Gasteiger partial charge in [-0.2, -0.15) is 0 Å². The van der Waals surface area contributed by atoms with E-state index in [4.69, 9.17) is 5.73 Å². The summed E-state index contributed by atoms with van der Waals surface area (Å²) in [5.74, 6) is 0. The van der Waals surface area contributed by atoms with Gasteiger partial charge < -0.3 is 5.73 Å². The van der Waals surface area contributed by atoms with Crippen molar-refractivity contribution >= 4 is 27.3 Å². The topological polar surface area (TPSA) is 38.9 Å². The van der Waals surface area contributed by atoms with Crippen LogP contribution < -0.4 is 5.73 Å². The molecule has 2 aromatic rings. The summed E-state index contributed by atoms with van der Waals surface area (Å²) in [6.45, 7) is 4.10. The van der Waals surface area contributed by atoms with E-state index in [2.05, 4.69) is 51.4 Å². The van der Waals surface area contributed by atoms with Crippen LogP contribution in [0.25, 0.3) is 0 Å². The molecular weight excluding hydrogens is 296 g/mol. The summed E-state index contributed by atoms with van der Waals surface area (Å²) in [5.41, 5.74) is 9.70. The third-order valence-electron chi connectivity index (χ3n) is 2.65. The molecule has 0 bridgehead atoms. The van der Waals surface area contributed by atoms with Gasteiger partial charge >= 0.3 is 0 Å². The summed E-state index contributed by atoms with van der Waals surface area (Å²) < 4.78 is 1.07. The van der Waals surface area contributed by atoms with Gasteiger partial charge in [0.25, 0.3) is 0 Å². The quantitative estimate of drug-likeness (QED) is 0.937. The first kappa shape index (κ1) is 12.7. The largest absolute Gasteiger partial charge is 0.324 e. The van der Waals surface area contributed by atoms with Crippen molar-refractivity contribution in [1.29, 1.82) is 0 Å². The van der Waals surface area contributed by atoms with Crippen LogP contribution in [0.5, 0.6) is 0 Å². The van der Waals surface area contributed by atoms with Gasteiger partial charge in [0.15, 0.2) is 0 Å². The number of halogens is 1. The van der Waals surface area contributed by atoms with Crippen LogP contribution in [0.4, 0.5) is 0 Å². The van der Waals surface area contributed by atoms with Gasteiger partial charge in [0.2, 0.25) is 0 Å². The van der Waals surface area contributed by atoms with E-state index in [0.717, 1.165) is 27.2 Å². The summed E-state index contributed by atoms with van der Waals surface area (Å²) in [5, 5.41) is 3.18. The minimum Gasteiger partial charge on any atom is -0.324 e. The van der Waals surface area contributed by atoms with Gasteiger partial charge in [-0.05, 0) is 25.5 Å². The lowest BCUT2D eigenvalue weighted by Gasteiger charge is -2.13.